The van der Waals surface area contributed by atoms with Crippen LogP contribution in [0.1, 0.15) is 24.8 Å². The Labute approximate surface area is 142 Å². The molecule has 1 fully saturated rings. The summed E-state index contributed by atoms with van der Waals surface area (Å²) in [5.74, 6) is -0.00298. The highest BCUT2D eigenvalue weighted by Gasteiger charge is 2.15. The summed E-state index contributed by atoms with van der Waals surface area (Å²) in [5.41, 5.74) is 2.98. The molecule has 2 aromatic rings. The first-order valence-electron chi connectivity index (χ1n) is 8.10. The van der Waals surface area contributed by atoms with Crippen LogP contribution in [0.5, 0.6) is 0 Å². The van der Waals surface area contributed by atoms with Gasteiger partial charge in [-0.05, 0) is 49.1 Å². The van der Waals surface area contributed by atoms with Crippen LogP contribution in [0.3, 0.4) is 0 Å². The van der Waals surface area contributed by atoms with Gasteiger partial charge in [0, 0.05) is 18.1 Å². The number of hydrogen-bond donors (Lipinski definition) is 1. The van der Waals surface area contributed by atoms with Gasteiger partial charge in [0.05, 0.1) is 17.8 Å². The van der Waals surface area contributed by atoms with Crippen molar-refractivity contribution in [3.63, 3.8) is 0 Å². The smallest absolute Gasteiger partial charge is 0.228 e. The summed E-state index contributed by atoms with van der Waals surface area (Å²) in [6.45, 7) is 2.12. The minimum absolute atomic E-state index is 0.00298. The van der Waals surface area contributed by atoms with Crippen molar-refractivity contribution in [1.29, 1.82) is 0 Å². The number of amides is 1. The Bertz CT molecular complexity index is 663. The number of para-hydroxylation sites is 2. The number of carbonyl (C=O) groups is 1. The second kappa shape index (κ2) is 7.51. The molecule has 0 saturated carbocycles. The molecule has 3 nitrogen and oxygen atoms in total. The van der Waals surface area contributed by atoms with E-state index in [9.17, 15) is 4.79 Å². The lowest BCUT2D eigenvalue weighted by molar-refractivity contribution is -0.115. The Balaban J connectivity index is 1.69. The van der Waals surface area contributed by atoms with E-state index in [0.29, 0.717) is 11.4 Å². The Morgan fingerprint density at radius 1 is 1.00 bits per heavy atom. The van der Waals surface area contributed by atoms with Gasteiger partial charge in [-0.15, -0.1) is 0 Å². The lowest BCUT2D eigenvalue weighted by Gasteiger charge is -2.30. The van der Waals surface area contributed by atoms with Crippen LogP contribution < -0.4 is 10.2 Å². The molecule has 1 N–H and O–H groups in total. The van der Waals surface area contributed by atoms with Crippen molar-refractivity contribution < 1.29 is 4.79 Å². The molecule has 3 rings (SSSR count). The number of hydrogen-bond acceptors (Lipinski definition) is 2. The van der Waals surface area contributed by atoms with E-state index in [1.54, 1.807) is 0 Å². The third kappa shape index (κ3) is 4.26. The predicted octanol–water partition coefficient (Wildman–Crippen LogP) is 4.51. The van der Waals surface area contributed by atoms with Crippen LogP contribution in [0, 0.1) is 0 Å². The molecule has 0 bridgehead atoms. The van der Waals surface area contributed by atoms with Crippen molar-refractivity contribution in [2.45, 2.75) is 25.7 Å². The van der Waals surface area contributed by atoms with E-state index in [-0.39, 0.29) is 5.91 Å². The van der Waals surface area contributed by atoms with Crippen molar-refractivity contribution in [2.24, 2.45) is 0 Å². The number of rotatable bonds is 4. The number of halogens is 1. The molecular weight excluding hydrogens is 308 g/mol. The normalized spacial score (nSPS) is 14.6. The van der Waals surface area contributed by atoms with Gasteiger partial charge in [0.15, 0.2) is 0 Å². The number of nitrogens with one attached hydrogen (secondary N) is 1. The van der Waals surface area contributed by atoms with Gasteiger partial charge in [-0.3, -0.25) is 4.79 Å². The van der Waals surface area contributed by atoms with E-state index in [1.807, 2.05) is 42.5 Å². The zero-order chi connectivity index (χ0) is 16.1. The average molecular weight is 329 g/mol. The molecule has 1 aliphatic heterocycles. The van der Waals surface area contributed by atoms with Gasteiger partial charge in [0.25, 0.3) is 0 Å². The standard InChI is InChI=1S/C19H21ClN2O/c20-16-10-8-15(9-11-16)14-19(23)21-17-6-2-3-7-18(17)22-12-4-1-5-13-22/h2-3,6-11H,1,4-5,12-14H2,(H,21,23). The van der Waals surface area contributed by atoms with Crippen LogP contribution in [0.4, 0.5) is 11.4 Å². The molecule has 2 aromatic carbocycles. The second-order valence-electron chi connectivity index (χ2n) is 5.92. The first-order valence-corrected chi connectivity index (χ1v) is 8.48. The maximum absolute atomic E-state index is 12.3. The minimum atomic E-state index is -0.00298. The Kier molecular flexibility index (Phi) is 5.19. The maximum atomic E-state index is 12.3. The van der Waals surface area contributed by atoms with Crippen LogP contribution in [-0.2, 0) is 11.2 Å². The second-order valence-corrected chi connectivity index (χ2v) is 6.35. The van der Waals surface area contributed by atoms with E-state index < -0.39 is 0 Å². The van der Waals surface area contributed by atoms with Crippen molar-refractivity contribution in [2.75, 3.05) is 23.3 Å². The summed E-state index contributed by atoms with van der Waals surface area (Å²) in [5, 5.41) is 3.74. The van der Waals surface area contributed by atoms with Crippen LogP contribution in [0.2, 0.25) is 5.02 Å². The maximum Gasteiger partial charge on any atom is 0.228 e. The quantitative estimate of drug-likeness (QED) is 0.895. The zero-order valence-corrected chi connectivity index (χ0v) is 13.9. The topological polar surface area (TPSA) is 32.3 Å². The first kappa shape index (κ1) is 15.9. The fourth-order valence-corrected chi connectivity index (χ4v) is 3.10. The number of nitrogens with zero attached hydrogens (tertiary/aromatic N) is 1. The van der Waals surface area contributed by atoms with Crippen molar-refractivity contribution in [3.05, 3.63) is 59.1 Å². The predicted molar refractivity (Wildman–Crippen MR) is 96.3 cm³/mol. The third-order valence-electron chi connectivity index (χ3n) is 4.15. The van der Waals surface area contributed by atoms with Gasteiger partial charge in [0.1, 0.15) is 0 Å². The van der Waals surface area contributed by atoms with Crippen molar-refractivity contribution in [1.82, 2.24) is 0 Å². The van der Waals surface area contributed by atoms with Crippen LogP contribution >= 0.6 is 11.6 Å². The molecule has 1 saturated heterocycles. The molecule has 0 spiro atoms. The van der Waals surface area contributed by atoms with E-state index in [4.69, 9.17) is 11.6 Å². The van der Waals surface area contributed by atoms with Gasteiger partial charge in [-0.25, -0.2) is 0 Å². The summed E-state index contributed by atoms with van der Waals surface area (Å²) < 4.78 is 0. The number of anilines is 2. The Hall–Kier alpha value is -2.00. The average Bonchev–Trinajstić information content (AvgIpc) is 2.58. The molecule has 0 aliphatic carbocycles. The molecule has 0 unspecified atom stereocenters. The first-order chi connectivity index (χ1) is 11.2. The summed E-state index contributed by atoms with van der Waals surface area (Å²) >= 11 is 5.88. The molecule has 4 heteroatoms. The molecule has 0 atom stereocenters. The fourth-order valence-electron chi connectivity index (χ4n) is 2.97. The van der Waals surface area contributed by atoms with Crippen LogP contribution in [0.25, 0.3) is 0 Å². The van der Waals surface area contributed by atoms with Gasteiger partial charge < -0.3 is 10.2 Å². The monoisotopic (exact) mass is 328 g/mol. The molecular formula is C19H21ClN2O. The van der Waals surface area contributed by atoms with E-state index in [1.165, 1.54) is 19.3 Å². The van der Waals surface area contributed by atoms with E-state index in [0.717, 1.165) is 30.0 Å². The molecule has 120 valence electrons. The molecule has 1 aliphatic rings. The lowest BCUT2D eigenvalue weighted by Crippen LogP contribution is -2.30. The highest BCUT2D eigenvalue weighted by Crippen LogP contribution is 2.28. The van der Waals surface area contributed by atoms with Crippen molar-refractivity contribution in [3.8, 4) is 0 Å². The van der Waals surface area contributed by atoms with Crippen LogP contribution in [-0.4, -0.2) is 19.0 Å². The summed E-state index contributed by atoms with van der Waals surface area (Å²) in [6, 6.07) is 15.5. The summed E-state index contributed by atoms with van der Waals surface area (Å²) in [6.07, 6.45) is 4.08. The number of piperidine rings is 1. The SMILES string of the molecule is O=C(Cc1ccc(Cl)cc1)Nc1ccccc1N1CCCCC1. The van der Waals surface area contributed by atoms with Gasteiger partial charge in [-0.1, -0.05) is 35.9 Å². The zero-order valence-electron chi connectivity index (χ0n) is 13.1. The summed E-state index contributed by atoms with van der Waals surface area (Å²) in [7, 11) is 0. The number of carbonyl (C=O) groups excluding carboxylic acids is 1. The van der Waals surface area contributed by atoms with E-state index in [2.05, 4.69) is 16.3 Å². The summed E-state index contributed by atoms with van der Waals surface area (Å²) in [4.78, 5) is 14.7. The Morgan fingerprint density at radius 3 is 2.43 bits per heavy atom. The van der Waals surface area contributed by atoms with E-state index >= 15 is 0 Å². The molecule has 0 radical (unpaired) electrons. The fraction of sp³-hybridized carbons (Fsp3) is 0.316. The third-order valence-corrected chi connectivity index (χ3v) is 4.40. The number of benzene rings is 2. The van der Waals surface area contributed by atoms with Crippen LogP contribution in [0.15, 0.2) is 48.5 Å². The molecule has 23 heavy (non-hydrogen) atoms. The minimum Gasteiger partial charge on any atom is -0.370 e. The molecule has 1 heterocycles. The largest absolute Gasteiger partial charge is 0.370 e. The van der Waals surface area contributed by atoms with Gasteiger partial charge >= 0.3 is 0 Å². The van der Waals surface area contributed by atoms with Gasteiger partial charge in [-0.2, -0.15) is 0 Å². The highest BCUT2D eigenvalue weighted by atomic mass is 35.5. The lowest BCUT2D eigenvalue weighted by atomic mass is 10.1. The molecule has 0 aromatic heterocycles. The van der Waals surface area contributed by atoms with Crippen molar-refractivity contribution >= 4 is 28.9 Å². The van der Waals surface area contributed by atoms with Gasteiger partial charge in [0.2, 0.25) is 5.91 Å². The Morgan fingerprint density at radius 2 is 1.70 bits per heavy atom. The highest BCUT2D eigenvalue weighted by molar-refractivity contribution is 6.30. The molecule has 1 amide bonds.